The number of thiophene rings is 1. The van der Waals surface area contributed by atoms with Gasteiger partial charge in [-0.05, 0) is 23.1 Å². The van der Waals surface area contributed by atoms with Gasteiger partial charge in [0, 0.05) is 10.4 Å². The zero-order valence-corrected chi connectivity index (χ0v) is 9.38. The van der Waals surface area contributed by atoms with Gasteiger partial charge in [-0.3, -0.25) is 0 Å². The second-order valence-corrected chi connectivity index (χ2v) is 4.24. The van der Waals surface area contributed by atoms with E-state index in [4.69, 9.17) is 5.11 Å². The first kappa shape index (κ1) is 11.0. The van der Waals surface area contributed by atoms with Gasteiger partial charge in [-0.25, -0.2) is 4.39 Å². The van der Waals surface area contributed by atoms with Crippen molar-refractivity contribution in [2.75, 3.05) is 6.61 Å². The topological polar surface area (TPSA) is 20.2 Å². The Bertz CT molecular complexity index is 471. The first-order chi connectivity index (χ1) is 7.81. The highest BCUT2D eigenvalue weighted by Gasteiger charge is 2.01. The van der Waals surface area contributed by atoms with Crippen LogP contribution in [0.25, 0.3) is 16.3 Å². The lowest BCUT2D eigenvalue weighted by Gasteiger charge is -2.00. The molecule has 0 saturated heterocycles. The Morgan fingerprint density at radius 2 is 2.00 bits per heavy atom. The molecular formula is C13H11FOS. The lowest BCUT2D eigenvalue weighted by molar-refractivity contribution is 0.342. The Morgan fingerprint density at radius 1 is 1.25 bits per heavy atom. The van der Waals surface area contributed by atoms with Crippen LogP contribution in [0.4, 0.5) is 4.39 Å². The quantitative estimate of drug-likeness (QED) is 0.858. The highest BCUT2D eigenvalue weighted by atomic mass is 32.1. The van der Waals surface area contributed by atoms with Gasteiger partial charge < -0.3 is 5.11 Å². The highest BCUT2D eigenvalue weighted by Crippen LogP contribution is 2.26. The van der Waals surface area contributed by atoms with Crippen LogP contribution < -0.4 is 0 Å². The van der Waals surface area contributed by atoms with Crippen molar-refractivity contribution in [3.8, 4) is 10.4 Å². The van der Waals surface area contributed by atoms with Gasteiger partial charge in [0.15, 0.2) is 0 Å². The molecule has 82 valence electrons. The van der Waals surface area contributed by atoms with Gasteiger partial charge in [0.05, 0.1) is 6.61 Å². The van der Waals surface area contributed by atoms with Crippen LogP contribution in [0, 0.1) is 0 Å². The number of aliphatic hydroxyl groups is 1. The molecule has 0 aliphatic heterocycles. The molecule has 0 radical (unpaired) electrons. The third-order valence-electron chi connectivity index (χ3n) is 2.24. The molecular weight excluding hydrogens is 223 g/mol. The van der Waals surface area contributed by atoms with Crippen molar-refractivity contribution in [2.45, 2.75) is 0 Å². The van der Waals surface area contributed by atoms with E-state index in [1.54, 1.807) is 23.5 Å². The van der Waals surface area contributed by atoms with E-state index in [1.165, 1.54) is 0 Å². The van der Waals surface area contributed by atoms with E-state index in [0.717, 1.165) is 16.5 Å². The second-order valence-electron chi connectivity index (χ2n) is 3.29. The number of halogens is 1. The number of hydrogen-bond acceptors (Lipinski definition) is 2. The Labute approximate surface area is 97.5 Å². The first-order valence-electron chi connectivity index (χ1n) is 4.92. The third-order valence-corrected chi connectivity index (χ3v) is 3.16. The van der Waals surface area contributed by atoms with Crippen molar-refractivity contribution in [3.05, 3.63) is 53.4 Å². The van der Waals surface area contributed by atoms with Crippen molar-refractivity contribution in [3.63, 3.8) is 0 Å². The Kier molecular flexibility index (Phi) is 3.49. The van der Waals surface area contributed by atoms with Gasteiger partial charge in [-0.15, -0.1) is 11.3 Å². The van der Waals surface area contributed by atoms with Crippen LogP contribution in [0.15, 0.2) is 47.9 Å². The fraction of sp³-hybridized carbons (Fsp3) is 0.0769. The van der Waals surface area contributed by atoms with Gasteiger partial charge in [0.1, 0.15) is 5.83 Å². The Morgan fingerprint density at radius 3 is 2.56 bits per heavy atom. The summed E-state index contributed by atoms with van der Waals surface area (Å²) in [6, 6.07) is 11.2. The van der Waals surface area contributed by atoms with Crippen molar-refractivity contribution in [2.24, 2.45) is 0 Å². The summed E-state index contributed by atoms with van der Waals surface area (Å²) in [6.07, 6.45) is 1.15. The minimum absolute atomic E-state index is 0.279. The number of benzene rings is 1. The predicted octanol–water partition coefficient (Wildman–Crippen LogP) is 3.72. The molecule has 0 atom stereocenters. The Hall–Kier alpha value is -1.45. The van der Waals surface area contributed by atoms with E-state index in [-0.39, 0.29) is 12.4 Å². The molecule has 1 nitrogen and oxygen atoms in total. The Balaban J connectivity index is 2.26. The van der Waals surface area contributed by atoms with Crippen molar-refractivity contribution in [1.82, 2.24) is 0 Å². The van der Waals surface area contributed by atoms with Crippen LogP contribution in [0.3, 0.4) is 0 Å². The van der Waals surface area contributed by atoms with E-state index in [0.29, 0.717) is 5.56 Å². The summed E-state index contributed by atoms with van der Waals surface area (Å²) in [5.74, 6) is -0.389. The van der Waals surface area contributed by atoms with Crippen LogP contribution in [0.2, 0.25) is 0 Å². The summed E-state index contributed by atoms with van der Waals surface area (Å²) in [5.41, 5.74) is 1.57. The molecule has 2 aromatic rings. The van der Waals surface area contributed by atoms with Crippen LogP contribution in [-0.4, -0.2) is 11.7 Å². The third kappa shape index (κ3) is 2.38. The van der Waals surface area contributed by atoms with Gasteiger partial charge in [0.25, 0.3) is 0 Å². The summed E-state index contributed by atoms with van der Waals surface area (Å²) >= 11 is 1.65. The molecule has 0 aliphatic rings. The fourth-order valence-electron chi connectivity index (χ4n) is 1.43. The summed E-state index contributed by atoms with van der Waals surface area (Å²) in [4.78, 5) is 1.16. The van der Waals surface area contributed by atoms with E-state index < -0.39 is 0 Å². The molecule has 0 unspecified atom stereocenters. The molecule has 3 heteroatoms. The monoisotopic (exact) mass is 234 g/mol. The average Bonchev–Trinajstić information content (AvgIpc) is 2.83. The van der Waals surface area contributed by atoms with E-state index in [2.05, 4.69) is 0 Å². The molecule has 0 spiro atoms. The molecule has 0 fully saturated rings. The summed E-state index contributed by atoms with van der Waals surface area (Å²) in [6.45, 7) is -0.279. The van der Waals surface area contributed by atoms with E-state index in [9.17, 15) is 4.39 Å². The first-order valence-corrected chi connectivity index (χ1v) is 5.80. The fourth-order valence-corrected chi connectivity index (χ4v) is 2.17. The van der Waals surface area contributed by atoms with Crippen LogP contribution in [0.5, 0.6) is 0 Å². The van der Waals surface area contributed by atoms with Gasteiger partial charge >= 0.3 is 0 Å². The van der Waals surface area contributed by atoms with E-state index >= 15 is 0 Å². The average molecular weight is 234 g/mol. The minimum atomic E-state index is -0.389. The zero-order chi connectivity index (χ0) is 11.4. The molecule has 1 N–H and O–H groups in total. The van der Waals surface area contributed by atoms with Crippen LogP contribution in [-0.2, 0) is 0 Å². The van der Waals surface area contributed by atoms with Crippen molar-refractivity contribution < 1.29 is 9.50 Å². The molecule has 16 heavy (non-hydrogen) atoms. The lowest BCUT2D eigenvalue weighted by Crippen LogP contribution is -1.81. The molecule has 2 rings (SSSR count). The van der Waals surface area contributed by atoms with Gasteiger partial charge in [-0.1, -0.05) is 30.3 Å². The highest BCUT2D eigenvalue weighted by molar-refractivity contribution is 7.13. The summed E-state index contributed by atoms with van der Waals surface area (Å²) in [5, 5.41) is 10.6. The summed E-state index contributed by atoms with van der Waals surface area (Å²) in [7, 11) is 0. The SMILES string of the molecule is OC/C=C(\F)c1ccc(-c2cccs2)cc1. The largest absolute Gasteiger partial charge is 0.392 e. The number of rotatable bonds is 3. The minimum Gasteiger partial charge on any atom is -0.392 e. The smallest absolute Gasteiger partial charge is 0.128 e. The molecule has 0 saturated carbocycles. The number of hydrogen-bond donors (Lipinski definition) is 1. The van der Waals surface area contributed by atoms with Crippen LogP contribution >= 0.6 is 11.3 Å². The normalized spacial score (nSPS) is 11.8. The second kappa shape index (κ2) is 5.05. The summed E-state index contributed by atoms with van der Waals surface area (Å²) < 4.78 is 13.3. The van der Waals surface area contributed by atoms with E-state index in [1.807, 2.05) is 29.6 Å². The predicted molar refractivity (Wildman–Crippen MR) is 65.9 cm³/mol. The molecule has 0 aliphatic carbocycles. The molecule has 1 aromatic carbocycles. The van der Waals surface area contributed by atoms with Gasteiger partial charge in [0.2, 0.25) is 0 Å². The maximum absolute atomic E-state index is 13.3. The van der Waals surface area contributed by atoms with Crippen molar-refractivity contribution in [1.29, 1.82) is 0 Å². The lowest BCUT2D eigenvalue weighted by atomic mass is 10.1. The maximum atomic E-state index is 13.3. The standard InChI is InChI=1S/C13H11FOS/c14-12(7-8-15)10-3-5-11(6-4-10)13-2-1-9-16-13/h1-7,9,15H,8H2/b12-7-. The molecule has 1 heterocycles. The molecule has 1 aromatic heterocycles. The molecule has 0 amide bonds. The van der Waals surface area contributed by atoms with Crippen LogP contribution in [0.1, 0.15) is 5.56 Å². The number of aliphatic hydroxyl groups excluding tert-OH is 1. The van der Waals surface area contributed by atoms with Crippen molar-refractivity contribution >= 4 is 17.2 Å². The molecule has 0 bridgehead atoms. The maximum Gasteiger partial charge on any atom is 0.128 e. The van der Waals surface area contributed by atoms with Gasteiger partial charge in [-0.2, -0.15) is 0 Å². The zero-order valence-electron chi connectivity index (χ0n) is 8.56.